The lowest BCUT2D eigenvalue weighted by Crippen LogP contribution is -2.19. The van der Waals surface area contributed by atoms with Crippen molar-refractivity contribution in [1.29, 1.82) is 0 Å². The normalized spacial score (nSPS) is 14.1. The molecule has 0 amide bonds. The molecule has 0 aliphatic rings. The molecule has 2 unspecified atom stereocenters. The Morgan fingerprint density at radius 1 is 1.35 bits per heavy atom. The Labute approximate surface area is 102 Å². The summed E-state index contributed by atoms with van der Waals surface area (Å²) in [7, 11) is 1.62. The number of benzene rings is 1. The number of carboxylic acid groups (broad SMARTS) is 1. The maximum Gasteiger partial charge on any atom is 0.306 e. The fourth-order valence-electron chi connectivity index (χ4n) is 2.04. The van der Waals surface area contributed by atoms with Gasteiger partial charge in [0.1, 0.15) is 5.75 Å². The lowest BCUT2D eigenvalue weighted by Gasteiger charge is -2.21. The maximum absolute atomic E-state index is 11.1. The Morgan fingerprint density at radius 3 is 2.35 bits per heavy atom. The SMILES string of the molecule is CCCC(c1ccc(OC)cc1)C(C)C(=O)O. The fourth-order valence-corrected chi connectivity index (χ4v) is 2.04. The summed E-state index contributed by atoms with van der Waals surface area (Å²) in [6, 6.07) is 7.68. The van der Waals surface area contributed by atoms with E-state index < -0.39 is 5.97 Å². The van der Waals surface area contributed by atoms with Gasteiger partial charge in [-0.2, -0.15) is 0 Å². The summed E-state index contributed by atoms with van der Waals surface area (Å²) >= 11 is 0. The number of ether oxygens (including phenoxy) is 1. The van der Waals surface area contributed by atoms with Gasteiger partial charge in [0.15, 0.2) is 0 Å². The second-order valence-corrected chi connectivity index (χ2v) is 4.30. The molecule has 0 heterocycles. The average Bonchev–Trinajstić information content (AvgIpc) is 2.35. The van der Waals surface area contributed by atoms with E-state index in [0.717, 1.165) is 24.2 Å². The highest BCUT2D eigenvalue weighted by atomic mass is 16.5. The summed E-state index contributed by atoms with van der Waals surface area (Å²) in [5.74, 6) is -0.224. The smallest absolute Gasteiger partial charge is 0.306 e. The lowest BCUT2D eigenvalue weighted by molar-refractivity contribution is -0.141. The number of carboxylic acids is 1. The van der Waals surface area contributed by atoms with Crippen LogP contribution in [0.25, 0.3) is 0 Å². The Hall–Kier alpha value is -1.51. The second kappa shape index (κ2) is 6.28. The highest BCUT2D eigenvalue weighted by molar-refractivity contribution is 5.71. The largest absolute Gasteiger partial charge is 0.497 e. The quantitative estimate of drug-likeness (QED) is 0.824. The lowest BCUT2D eigenvalue weighted by atomic mass is 9.84. The number of methoxy groups -OCH3 is 1. The van der Waals surface area contributed by atoms with Gasteiger partial charge in [-0.1, -0.05) is 32.4 Å². The summed E-state index contributed by atoms with van der Waals surface area (Å²) in [4.78, 5) is 11.1. The summed E-state index contributed by atoms with van der Waals surface area (Å²) < 4.78 is 5.10. The zero-order valence-electron chi connectivity index (χ0n) is 10.6. The van der Waals surface area contributed by atoms with Crippen molar-refractivity contribution in [2.24, 2.45) is 5.92 Å². The van der Waals surface area contributed by atoms with Gasteiger partial charge in [0, 0.05) is 0 Å². The van der Waals surface area contributed by atoms with E-state index in [1.165, 1.54) is 0 Å². The molecule has 0 bridgehead atoms. The van der Waals surface area contributed by atoms with Gasteiger partial charge in [-0.3, -0.25) is 4.79 Å². The molecule has 0 saturated heterocycles. The van der Waals surface area contributed by atoms with Crippen molar-refractivity contribution in [3.8, 4) is 5.75 Å². The summed E-state index contributed by atoms with van der Waals surface area (Å²) in [5, 5.41) is 9.12. The molecule has 1 rings (SSSR count). The summed E-state index contributed by atoms with van der Waals surface area (Å²) in [6.07, 6.45) is 1.87. The molecule has 0 aliphatic heterocycles. The van der Waals surface area contributed by atoms with Gasteiger partial charge < -0.3 is 9.84 Å². The molecular formula is C14H20O3. The van der Waals surface area contributed by atoms with Crippen LogP contribution in [0.4, 0.5) is 0 Å². The maximum atomic E-state index is 11.1. The van der Waals surface area contributed by atoms with E-state index in [1.54, 1.807) is 14.0 Å². The van der Waals surface area contributed by atoms with Crippen molar-refractivity contribution < 1.29 is 14.6 Å². The van der Waals surface area contributed by atoms with E-state index in [9.17, 15) is 4.79 Å². The first-order valence-electron chi connectivity index (χ1n) is 5.96. The van der Waals surface area contributed by atoms with Crippen molar-refractivity contribution in [2.75, 3.05) is 7.11 Å². The number of carbonyl (C=O) groups is 1. The van der Waals surface area contributed by atoms with Crippen LogP contribution in [0, 0.1) is 5.92 Å². The van der Waals surface area contributed by atoms with E-state index in [-0.39, 0.29) is 11.8 Å². The van der Waals surface area contributed by atoms with Crippen LogP contribution in [-0.4, -0.2) is 18.2 Å². The number of hydrogen-bond donors (Lipinski definition) is 1. The minimum atomic E-state index is -0.737. The predicted molar refractivity (Wildman–Crippen MR) is 67.4 cm³/mol. The van der Waals surface area contributed by atoms with Crippen LogP contribution < -0.4 is 4.74 Å². The minimum absolute atomic E-state index is 0.0726. The number of aliphatic carboxylic acids is 1. The second-order valence-electron chi connectivity index (χ2n) is 4.30. The van der Waals surface area contributed by atoms with Crippen molar-refractivity contribution in [2.45, 2.75) is 32.6 Å². The van der Waals surface area contributed by atoms with Crippen LogP contribution in [0.5, 0.6) is 5.75 Å². The number of rotatable bonds is 6. The Bertz CT molecular complexity index is 356. The monoisotopic (exact) mass is 236 g/mol. The Kier molecular flexibility index (Phi) is 5.01. The van der Waals surface area contributed by atoms with E-state index >= 15 is 0 Å². The first-order valence-corrected chi connectivity index (χ1v) is 5.96. The standard InChI is InChI=1S/C14H20O3/c1-4-5-13(10(2)14(15)16)11-6-8-12(17-3)9-7-11/h6-10,13H,4-5H2,1-3H3,(H,15,16). The fraction of sp³-hybridized carbons (Fsp3) is 0.500. The molecule has 0 fully saturated rings. The van der Waals surface area contributed by atoms with Crippen LogP contribution in [0.2, 0.25) is 0 Å². The van der Waals surface area contributed by atoms with E-state index in [4.69, 9.17) is 9.84 Å². The van der Waals surface area contributed by atoms with Gasteiger partial charge in [-0.05, 0) is 30.0 Å². The van der Waals surface area contributed by atoms with Gasteiger partial charge in [-0.15, -0.1) is 0 Å². The van der Waals surface area contributed by atoms with Crippen LogP contribution >= 0.6 is 0 Å². The molecule has 0 aromatic heterocycles. The molecule has 0 saturated carbocycles. The molecule has 0 aliphatic carbocycles. The zero-order valence-corrected chi connectivity index (χ0v) is 10.6. The van der Waals surface area contributed by atoms with Gasteiger partial charge in [-0.25, -0.2) is 0 Å². The molecule has 3 heteroatoms. The highest BCUT2D eigenvalue weighted by Gasteiger charge is 2.24. The van der Waals surface area contributed by atoms with Gasteiger partial charge in [0.2, 0.25) is 0 Å². The molecule has 94 valence electrons. The topological polar surface area (TPSA) is 46.5 Å². The van der Waals surface area contributed by atoms with Gasteiger partial charge >= 0.3 is 5.97 Å². The molecule has 0 spiro atoms. The highest BCUT2D eigenvalue weighted by Crippen LogP contribution is 2.30. The third kappa shape index (κ3) is 3.48. The molecule has 17 heavy (non-hydrogen) atoms. The summed E-state index contributed by atoms with van der Waals surface area (Å²) in [5.41, 5.74) is 1.07. The zero-order chi connectivity index (χ0) is 12.8. The molecule has 1 aromatic rings. The molecule has 1 aromatic carbocycles. The van der Waals surface area contributed by atoms with Crippen LogP contribution in [-0.2, 0) is 4.79 Å². The van der Waals surface area contributed by atoms with Crippen LogP contribution in [0.3, 0.4) is 0 Å². The first kappa shape index (κ1) is 13.6. The molecule has 3 nitrogen and oxygen atoms in total. The van der Waals surface area contributed by atoms with E-state index in [0.29, 0.717) is 0 Å². The Morgan fingerprint density at radius 2 is 1.94 bits per heavy atom. The van der Waals surface area contributed by atoms with Crippen LogP contribution in [0.1, 0.15) is 38.2 Å². The first-order chi connectivity index (χ1) is 8.10. The molecule has 1 N–H and O–H groups in total. The van der Waals surface area contributed by atoms with E-state index in [1.807, 2.05) is 24.3 Å². The minimum Gasteiger partial charge on any atom is -0.497 e. The average molecular weight is 236 g/mol. The van der Waals surface area contributed by atoms with Crippen molar-refractivity contribution in [3.05, 3.63) is 29.8 Å². The third-order valence-electron chi connectivity index (χ3n) is 3.14. The van der Waals surface area contributed by atoms with Crippen molar-refractivity contribution >= 4 is 5.97 Å². The van der Waals surface area contributed by atoms with Crippen molar-refractivity contribution in [1.82, 2.24) is 0 Å². The molecule has 2 atom stereocenters. The summed E-state index contributed by atoms with van der Waals surface area (Å²) in [6.45, 7) is 3.85. The predicted octanol–water partition coefficient (Wildman–Crippen LogP) is 3.30. The Balaban J connectivity index is 2.92. The van der Waals surface area contributed by atoms with Crippen LogP contribution in [0.15, 0.2) is 24.3 Å². The third-order valence-corrected chi connectivity index (χ3v) is 3.14. The molecule has 0 radical (unpaired) electrons. The van der Waals surface area contributed by atoms with Gasteiger partial charge in [0.25, 0.3) is 0 Å². The van der Waals surface area contributed by atoms with E-state index in [2.05, 4.69) is 6.92 Å². The number of hydrogen-bond acceptors (Lipinski definition) is 2. The van der Waals surface area contributed by atoms with Gasteiger partial charge in [0.05, 0.1) is 13.0 Å². The molecular weight excluding hydrogens is 216 g/mol. The van der Waals surface area contributed by atoms with Crippen molar-refractivity contribution in [3.63, 3.8) is 0 Å².